The van der Waals surface area contributed by atoms with Gasteiger partial charge in [0.05, 0.1) is 18.2 Å². The number of nitriles is 1. The van der Waals surface area contributed by atoms with Crippen LogP contribution in [0.3, 0.4) is 0 Å². The maximum absolute atomic E-state index is 14.2. The van der Waals surface area contributed by atoms with Crippen LogP contribution in [0.4, 0.5) is 10.1 Å². The van der Waals surface area contributed by atoms with Gasteiger partial charge in [-0.2, -0.15) is 5.26 Å². The van der Waals surface area contributed by atoms with E-state index in [9.17, 15) is 18.1 Å². The monoisotopic (exact) mass is 473 g/mol. The normalized spacial score (nSPS) is 18.6. The minimum Gasteiger partial charge on any atom is -0.439 e. The molecule has 2 heterocycles. The van der Waals surface area contributed by atoms with Gasteiger partial charge >= 0.3 is 0 Å². The van der Waals surface area contributed by atoms with Crippen LogP contribution in [0.25, 0.3) is 5.76 Å². The van der Waals surface area contributed by atoms with Gasteiger partial charge in [0.2, 0.25) is 5.88 Å². The number of benzene rings is 3. The van der Waals surface area contributed by atoms with E-state index in [-0.39, 0.29) is 28.7 Å². The summed E-state index contributed by atoms with van der Waals surface area (Å²) < 4.78 is 49.1. The molecular weight excluding hydrogens is 453 g/mol. The standard InChI is InChI=1S/C26H20FN3O3S/c1-16-5-4-6-17(13-16)15-30-22-8-3-2-7-20(22)24-25(34(30,31)32)23(21(14-28)26(29)33-24)18-9-11-19(27)12-10-18/h2-13,23H,15,29H2,1H3. The molecule has 0 spiro atoms. The summed E-state index contributed by atoms with van der Waals surface area (Å²) in [5, 5.41) is 9.86. The van der Waals surface area contributed by atoms with Crippen molar-refractivity contribution in [3.63, 3.8) is 0 Å². The first-order valence-corrected chi connectivity index (χ1v) is 12.0. The minimum atomic E-state index is -4.17. The summed E-state index contributed by atoms with van der Waals surface area (Å²) in [6.07, 6.45) is 0. The molecule has 1 unspecified atom stereocenters. The van der Waals surface area contributed by atoms with Gasteiger partial charge in [0.15, 0.2) is 5.76 Å². The van der Waals surface area contributed by atoms with Gasteiger partial charge in [-0.25, -0.2) is 12.8 Å². The predicted molar refractivity (Wildman–Crippen MR) is 127 cm³/mol. The van der Waals surface area contributed by atoms with Crippen molar-refractivity contribution in [2.24, 2.45) is 5.73 Å². The van der Waals surface area contributed by atoms with E-state index in [1.807, 2.05) is 37.3 Å². The molecule has 2 aliphatic rings. The Morgan fingerprint density at radius 1 is 1.09 bits per heavy atom. The first-order chi connectivity index (χ1) is 16.3. The summed E-state index contributed by atoms with van der Waals surface area (Å²) in [5.74, 6) is -1.60. The molecule has 0 saturated carbocycles. The van der Waals surface area contributed by atoms with Gasteiger partial charge in [0.25, 0.3) is 10.0 Å². The molecule has 6 nitrogen and oxygen atoms in total. The lowest BCUT2D eigenvalue weighted by Crippen LogP contribution is -2.39. The first kappa shape index (κ1) is 21.7. The second-order valence-electron chi connectivity index (χ2n) is 8.19. The van der Waals surface area contributed by atoms with E-state index in [0.717, 1.165) is 11.1 Å². The fourth-order valence-electron chi connectivity index (χ4n) is 4.44. The molecule has 5 rings (SSSR count). The highest BCUT2D eigenvalue weighted by Crippen LogP contribution is 2.51. The topological polar surface area (TPSA) is 96.4 Å². The Labute approximate surface area is 197 Å². The largest absolute Gasteiger partial charge is 0.439 e. The second kappa shape index (κ2) is 8.04. The summed E-state index contributed by atoms with van der Waals surface area (Å²) in [4.78, 5) is -0.0868. The molecule has 0 aliphatic carbocycles. The van der Waals surface area contributed by atoms with Crippen molar-refractivity contribution in [3.05, 3.63) is 117 Å². The van der Waals surface area contributed by atoms with E-state index in [1.54, 1.807) is 24.3 Å². The van der Waals surface area contributed by atoms with Crippen molar-refractivity contribution < 1.29 is 17.5 Å². The molecular formula is C26H20FN3O3S. The average Bonchev–Trinajstić information content (AvgIpc) is 2.81. The minimum absolute atomic E-state index is 0.0381. The summed E-state index contributed by atoms with van der Waals surface area (Å²) in [7, 11) is -4.17. The number of hydrogen-bond donors (Lipinski definition) is 1. The first-order valence-electron chi connectivity index (χ1n) is 10.6. The SMILES string of the molecule is Cc1cccc(CN2c3ccccc3C3=C(C(c4ccc(F)cc4)C(C#N)=C(N)O3)S2(=O)=O)c1. The lowest BCUT2D eigenvalue weighted by Gasteiger charge is -2.38. The quantitative estimate of drug-likeness (QED) is 0.597. The van der Waals surface area contributed by atoms with E-state index >= 15 is 0 Å². The summed E-state index contributed by atoms with van der Waals surface area (Å²) in [6.45, 7) is 2.03. The number of hydrogen-bond acceptors (Lipinski definition) is 5. The number of aryl methyl sites for hydroxylation is 1. The van der Waals surface area contributed by atoms with Crippen molar-refractivity contribution in [1.29, 1.82) is 5.26 Å². The highest BCUT2D eigenvalue weighted by atomic mass is 32.2. The van der Waals surface area contributed by atoms with Crippen LogP contribution in [0.5, 0.6) is 0 Å². The number of fused-ring (bicyclic) bond motifs is 2. The Morgan fingerprint density at radius 3 is 2.53 bits per heavy atom. The fraction of sp³-hybridized carbons (Fsp3) is 0.115. The Bertz CT molecular complexity index is 1520. The highest BCUT2D eigenvalue weighted by Gasteiger charge is 2.47. The number of allylic oxidation sites excluding steroid dienone is 2. The summed E-state index contributed by atoms with van der Waals surface area (Å²) in [6, 6.07) is 22.0. The van der Waals surface area contributed by atoms with Crippen molar-refractivity contribution >= 4 is 21.5 Å². The van der Waals surface area contributed by atoms with Gasteiger partial charge in [0.1, 0.15) is 22.4 Å². The van der Waals surface area contributed by atoms with Gasteiger partial charge in [0, 0.05) is 5.56 Å². The second-order valence-corrected chi connectivity index (χ2v) is 10.0. The van der Waals surface area contributed by atoms with E-state index in [0.29, 0.717) is 16.8 Å². The molecule has 3 aromatic rings. The maximum Gasteiger partial charge on any atom is 0.265 e. The zero-order valence-corrected chi connectivity index (χ0v) is 19.0. The lowest BCUT2D eigenvalue weighted by atomic mass is 9.88. The van der Waals surface area contributed by atoms with Crippen LogP contribution in [0.15, 0.2) is 89.2 Å². The third-order valence-electron chi connectivity index (χ3n) is 5.97. The molecule has 0 bridgehead atoms. The van der Waals surface area contributed by atoms with Crippen LogP contribution in [0.1, 0.15) is 28.2 Å². The summed E-state index contributed by atoms with van der Waals surface area (Å²) in [5.41, 5.74) is 9.30. The number of nitrogens with zero attached hydrogens (tertiary/aromatic N) is 2. The molecule has 170 valence electrons. The number of nitrogens with two attached hydrogens (primary N) is 1. The molecule has 8 heteroatoms. The van der Waals surface area contributed by atoms with Crippen LogP contribution >= 0.6 is 0 Å². The number of para-hydroxylation sites is 1. The smallest absolute Gasteiger partial charge is 0.265 e. The summed E-state index contributed by atoms with van der Waals surface area (Å²) >= 11 is 0. The van der Waals surface area contributed by atoms with Crippen LogP contribution < -0.4 is 10.0 Å². The molecule has 0 saturated heterocycles. The molecule has 2 N–H and O–H groups in total. The molecule has 1 atom stereocenters. The molecule has 0 aromatic heterocycles. The van der Waals surface area contributed by atoms with E-state index < -0.39 is 21.8 Å². The highest BCUT2D eigenvalue weighted by molar-refractivity contribution is 7.96. The van der Waals surface area contributed by atoms with Gasteiger partial charge < -0.3 is 10.5 Å². The van der Waals surface area contributed by atoms with E-state index in [2.05, 4.69) is 0 Å². The number of ether oxygens (including phenoxy) is 1. The molecule has 2 aliphatic heterocycles. The van der Waals surface area contributed by atoms with E-state index in [1.165, 1.54) is 28.6 Å². The van der Waals surface area contributed by atoms with E-state index in [4.69, 9.17) is 10.5 Å². The molecule has 0 fully saturated rings. The molecule has 0 radical (unpaired) electrons. The Morgan fingerprint density at radius 2 is 1.82 bits per heavy atom. The van der Waals surface area contributed by atoms with Crippen molar-refractivity contribution in [1.82, 2.24) is 0 Å². The average molecular weight is 474 g/mol. The van der Waals surface area contributed by atoms with Crippen molar-refractivity contribution in [2.45, 2.75) is 19.4 Å². The van der Waals surface area contributed by atoms with Gasteiger partial charge in [-0.05, 0) is 42.3 Å². The van der Waals surface area contributed by atoms with Gasteiger partial charge in [-0.15, -0.1) is 0 Å². The molecule has 0 amide bonds. The number of rotatable bonds is 3. The van der Waals surface area contributed by atoms with Crippen molar-refractivity contribution in [3.8, 4) is 6.07 Å². The Hall–Kier alpha value is -4.09. The van der Waals surface area contributed by atoms with Crippen LogP contribution in [0.2, 0.25) is 0 Å². The molecule has 34 heavy (non-hydrogen) atoms. The Kier molecular flexibility index (Phi) is 5.14. The Balaban J connectivity index is 1.76. The number of halogens is 1. The van der Waals surface area contributed by atoms with Gasteiger partial charge in [-0.3, -0.25) is 4.31 Å². The van der Waals surface area contributed by atoms with Crippen LogP contribution in [-0.4, -0.2) is 8.42 Å². The van der Waals surface area contributed by atoms with Crippen molar-refractivity contribution in [2.75, 3.05) is 4.31 Å². The third kappa shape index (κ3) is 3.42. The zero-order chi connectivity index (χ0) is 24.0. The predicted octanol–water partition coefficient (Wildman–Crippen LogP) is 4.66. The van der Waals surface area contributed by atoms with Crippen LogP contribution in [0, 0.1) is 24.1 Å². The third-order valence-corrected chi connectivity index (χ3v) is 7.85. The zero-order valence-electron chi connectivity index (χ0n) is 18.2. The van der Waals surface area contributed by atoms with Crippen LogP contribution in [-0.2, 0) is 21.3 Å². The lowest BCUT2D eigenvalue weighted by molar-refractivity contribution is 0.357. The fourth-order valence-corrected chi connectivity index (χ4v) is 6.36. The maximum atomic E-state index is 14.2. The molecule has 3 aromatic carbocycles. The number of sulfonamides is 1. The number of anilines is 1. The van der Waals surface area contributed by atoms with Gasteiger partial charge in [-0.1, -0.05) is 54.1 Å².